The van der Waals surface area contributed by atoms with Gasteiger partial charge in [0.15, 0.2) is 11.6 Å². The van der Waals surface area contributed by atoms with E-state index in [4.69, 9.17) is 4.74 Å². The van der Waals surface area contributed by atoms with E-state index in [1.54, 1.807) is 6.07 Å². The molecule has 0 amide bonds. The largest absolute Gasteiger partial charge is 0.494 e. The Balaban J connectivity index is 2.30. The van der Waals surface area contributed by atoms with Gasteiger partial charge in [-0.2, -0.15) is 0 Å². The lowest BCUT2D eigenvalue weighted by molar-refractivity contribution is 0.415. The summed E-state index contributed by atoms with van der Waals surface area (Å²) in [5.41, 5.74) is 4.11. The summed E-state index contributed by atoms with van der Waals surface area (Å²) in [6.45, 7) is 4.00. The molecule has 0 N–H and O–H groups in total. The maximum Gasteiger partial charge on any atom is 0.161 e. The third-order valence-electron chi connectivity index (χ3n) is 3.54. The minimum absolute atomic E-state index is 0.397. The van der Waals surface area contributed by atoms with Crippen molar-refractivity contribution in [3.63, 3.8) is 0 Å². The molecule has 0 bridgehead atoms. The molecule has 0 radical (unpaired) electrons. The zero-order valence-corrected chi connectivity index (χ0v) is 12.6. The standard InChI is InChI=1S/C18H15F2NO/c1-10-4-11(2)6-13(5-10)18-17(22-3)8-12-7-14(19)15(20)9-16(12)21-18/h4-9H,1-3H3. The quantitative estimate of drug-likeness (QED) is 0.677. The first-order chi connectivity index (χ1) is 10.5. The number of hydrogen-bond acceptors (Lipinski definition) is 2. The lowest BCUT2D eigenvalue weighted by Gasteiger charge is -2.11. The van der Waals surface area contributed by atoms with Gasteiger partial charge in [-0.25, -0.2) is 13.8 Å². The van der Waals surface area contributed by atoms with E-state index >= 15 is 0 Å². The van der Waals surface area contributed by atoms with Gasteiger partial charge < -0.3 is 4.74 Å². The molecule has 1 heterocycles. The molecular weight excluding hydrogens is 284 g/mol. The fraction of sp³-hybridized carbons (Fsp3) is 0.167. The molecule has 0 aliphatic carbocycles. The number of fused-ring (bicyclic) bond motifs is 1. The van der Waals surface area contributed by atoms with Gasteiger partial charge in [0, 0.05) is 17.0 Å². The molecule has 0 fully saturated rings. The van der Waals surface area contributed by atoms with Crippen LogP contribution in [0.15, 0.2) is 36.4 Å². The molecule has 0 spiro atoms. The van der Waals surface area contributed by atoms with Crippen LogP contribution in [-0.4, -0.2) is 12.1 Å². The van der Waals surface area contributed by atoms with E-state index in [9.17, 15) is 8.78 Å². The molecule has 1 aromatic heterocycles. The van der Waals surface area contributed by atoms with Gasteiger partial charge in [-0.05, 0) is 38.1 Å². The normalized spacial score (nSPS) is 11.0. The Labute approximate surface area is 127 Å². The number of aromatic nitrogens is 1. The Morgan fingerprint density at radius 2 is 1.50 bits per heavy atom. The van der Waals surface area contributed by atoms with Crippen molar-refractivity contribution in [3.8, 4) is 17.0 Å². The van der Waals surface area contributed by atoms with Gasteiger partial charge in [0.05, 0.1) is 12.6 Å². The van der Waals surface area contributed by atoms with Crippen LogP contribution in [0.5, 0.6) is 5.75 Å². The van der Waals surface area contributed by atoms with Crippen LogP contribution >= 0.6 is 0 Å². The summed E-state index contributed by atoms with van der Waals surface area (Å²) < 4.78 is 32.2. The summed E-state index contributed by atoms with van der Waals surface area (Å²) in [7, 11) is 1.54. The number of methoxy groups -OCH3 is 1. The van der Waals surface area contributed by atoms with E-state index in [2.05, 4.69) is 11.1 Å². The van der Waals surface area contributed by atoms with Gasteiger partial charge in [0.1, 0.15) is 11.4 Å². The second-order valence-corrected chi connectivity index (χ2v) is 5.37. The van der Waals surface area contributed by atoms with Crippen molar-refractivity contribution in [1.82, 2.24) is 4.98 Å². The van der Waals surface area contributed by atoms with Crippen LogP contribution in [0.1, 0.15) is 11.1 Å². The topological polar surface area (TPSA) is 22.1 Å². The number of hydrogen-bond donors (Lipinski definition) is 0. The Bertz CT molecular complexity index is 854. The van der Waals surface area contributed by atoms with Gasteiger partial charge in [0.2, 0.25) is 0 Å². The average Bonchev–Trinajstić information content (AvgIpc) is 2.46. The Hall–Kier alpha value is -2.49. The van der Waals surface area contributed by atoms with Gasteiger partial charge >= 0.3 is 0 Å². The lowest BCUT2D eigenvalue weighted by atomic mass is 10.0. The van der Waals surface area contributed by atoms with Crippen LogP contribution in [-0.2, 0) is 0 Å². The molecule has 0 saturated heterocycles. The van der Waals surface area contributed by atoms with Crippen molar-refractivity contribution in [2.45, 2.75) is 13.8 Å². The van der Waals surface area contributed by atoms with Gasteiger partial charge in [-0.15, -0.1) is 0 Å². The van der Waals surface area contributed by atoms with Gasteiger partial charge in [-0.1, -0.05) is 17.2 Å². The highest BCUT2D eigenvalue weighted by molar-refractivity contribution is 5.85. The summed E-state index contributed by atoms with van der Waals surface area (Å²) >= 11 is 0. The van der Waals surface area contributed by atoms with Crippen molar-refractivity contribution in [3.05, 3.63) is 59.2 Å². The Morgan fingerprint density at radius 1 is 0.864 bits per heavy atom. The molecule has 3 rings (SSSR count). The predicted octanol–water partition coefficient (Wildman–Crippen LogP) is 4.81. The summed E-state index contributed by atoms with van der Waals surface area (Å²) in [5.74, 6) is -1.27. The second kappa shape index (κ2) is 5.37. The first-order valence-electron chi connectivity index (χ1n) is 6.90. The number of aryl methyl sites for hydroxylation is 2. The summed E-state index contributed by atoms with van der Waals surface area (Å²) in [5, 5.41) is 0.504. The van der Waals surface area contributed by atoms with E-state index in [1.165, 1.54) is 7.11 Å². The van der Waals surface area contributed by atoms with E-state index in [1.807, 2.05) is 26.0 Å². The molecule has 0 saturated carbocycles. The number of nitrogens with zero attached hydrogens (tertiary/aromatic N) is 1. The van der Waals surface area contributed by atoms with Crippen LogP contribution in [0.4, 0.5) is 8.78 Å². The van der Waals surface area contributed by atoms with E-state index in [-0.39, 0.29) is 0 Å². The number of halogens is 2. The van der Waals surface area contributed by atoms with Crippen LogP contribution in [0.25, 0.3) is 22.2 Å². The Kier molecular flexibility index (Phi) is 3.53. The van der Waals surface area contributed by atoms with Crippen LogP contribution < -0.4 is 4.74 Å². The zero-order chi connectivity index (χ0) is 15.9. The highest BCUT2D eigenvalue weighted by Crippen LogP contribution is 2.33. The predicted molar refractivity (Wildman–Crippen MR) is 83.1 cm³/mol. The summed E-state index contributed by atoms with van der Waals surface area (Å²) in [6.07, 6.45) is 0. The minimum Gasteiger partial charge on any atom is -0.494 e. The molecule has 0 unspecified atom stereocenters. The van der Waals surface area contributed by atoms with E-state index < -0.39 is 11.6 Å². The van der Waals surface area contributed by atoms with E-state index in [0.717, 1.165) is 28.8 Å². The first kappa shape index (κ1) is 14.4. The second-order valence-electron chi connectivity index (χ2n) is 5.37. The van der Waals surface area contributed by atoms with Crippen LogP contribution in [0.2, 0.25) is 0 Å². The number of rotatable bonds is 2. The van der Waals surface area contributed by atoms with Crippen molar-refractivity contribution < 1.29 is 13.5 Å². The third-order valence-corrected chi connectivity index (χ3v) is 3.54. The number of benzene rings is 2. The lowest BCUT2D eigenvalue weighted by Crippen LogP contribution is -1.95. The molecule has 0 aliphatic rings. The average molecular weight is 299 g/mol. The molecule has 2 aromatic carbocycles. The minimum atomic E-state index is -0.906. The fourth-order valence-corrected chi connectivity index (χ4v) is 2.62. The molecule has 112 valence electrons. The smallest absolute Gasteiger partial charge is 0.161 e. The maximum absolute atomic E-state index is 13.4. The maximum atomic E-state index is 13.4. The Morgan fingerprint density at radius 3 is 2.14 bits per heavy atom. The first-order valence-corrected chi connectivity index (χ1v) is 6.90. The van der Waals surface area contributed by atoms with Crippen molar-refractivity contribution in [1.29, 1.82) is 0 Å². The fourth-order valence-electron chi connectivity index (χ4n) is 2.62. The third kappa shape index (κ3) is 2.52. The SMILES string of the molecule is COc1cc2cc(F)c(F)cc2nc1-c1cc(C)cc(C)c1. The van der Waals surface area contributed by atoms with Crippen LogP contribution in [0, 0.1) is 25.5 Å². The molecule has 2 nitrogen and oxygen atoms in total. The van der Waals surface area contributed by atoms with Crippen molar-refractivity contribution in [2.75, 3.05) is 7.11 Å². The summed E-state index contributed by atoms with van der Waals surface area (Å²) in [4.78, 5) is 4.47. The molecule has 22 heavy (non-hydrogen) atoms. The molecule has 3 aromatic rings. The highest BCUT2D eigenvalue weighted by Gasteiger charge is 2.13. The molecule has 0 aliphatic heterocycles. The van der Waals surface area contributed by atoms with Crippen molar-refractivity contribution in [2.24, 2.45) is 0 Å². The number of ether oxygens (including phenoxy) is 1. The van der Waals surface area contributed by atoms with Gasteiger partial charge in [0.25, 0.3) is 0 Å². The molecule has 4 heteroatoms. The highest BCUT2D eigenvalue weighted by atomic mass is 19.2. The summed E-state index contributed by atoms with van der Waals surface area (Å²) in [6, 6.07) is 9.96. The van der Waals surface area contributed by atoms with E-state index in [0.29, 0.717) is 22.3 Å². The number of pyridine rings is 1. The monoisotopic (exact) mass is 299 g/mol. The zero-order valence-electron chi connectivity index (χ0n) is 12.6. The molecular formula is C18H15F2NO. The van der Waals surface area contributed by atoms with Crippen LogP contribution in [0.3, 0.4) is 0 Å². The van der Waals surface area contributed by atoms with Crippen molar-refractivity contribution >= 4 is 10.9 Å². The van der Waals surface area contributed by atoms with Gasteiger partial charge in [-0.3, -0.25) is 0 Å². The molecule has 0 atom stereocenters.